The number of carbonyl (C=O) groups is 1. The lowest BCUT2D eigenvalue weighted by Crippen LogP contribution is -2.61. The lowest BCUT2D eigenvalue weighted by Gasteiger charge is -2.38. The second-order valence-corrected chi connectivity index (χ2v) is 7.64. The van der Waals surface area contributed by atoms with Crippen LogP contribution in [0.5, 0.6) is 28.7 Å². The summed E-state index contributed by atoms with van der Waals surface area (Å²) in [4.78, 5) is 24.3. The number of ether oxygens (including phenoxy) is 3. The van der Waals surface area contributed by atoms with Crippen molar-refractivity contribution in [2.24, 2.45) is 0 Å². The highest BCUT2D eigenvalue weighted by molar-refractivity contribution is 5.95. The molecule has 1 aliphatic heterocycles. The number of hydrogen-bond acceptors (Lipinski definition) is 12. The van der Waals surface area contributed by atoms with Crippen LogP contribution in [-0.2, 0) is 9.53 Å². The van der Waals surface area contributed by atoms with Gasteiger partial charge in [-0.25, -0.2) is 4.79 Å². The Morgan fingerprint density at radius 1 is 0.943 bits per heavy atom. The molecule has 1 fully saturated rings. The first-order chi connectivity index (χ1) is 16.5. The third kappa shape index (κ3) is 4.06. The number of carboxylic acids is 1. The van der Waals surface area contributed by atoms with Gasteiger partial charge < -0.3 is 54.4 Å². The number of aliphatic hydroxyl groups is 3. The van der Waals surface area contributed by atoms with E-state index in [2.05, 4.69) is 0 Å². The maximum Gasteiger partial charge on any atom is 0.335 e. The topological polar surface area (TPSA) is 217 Å². The van der Waals surface area contributed by atoms with Gasteiger partial charge >= 0.3 is 5.97 Å². The highest BCUT2D eigenvalue weighted by atomic mass is 16.7. The number of benzene rings is 2. The highest BCUT2D eigenvalue weighted by Gasteiger charge is 2.48. The van der Waals surface area contributed by atoms with E-state index in [0.717, 1.165) is 13.2 Å². The molecule has 0 unspecified atom stereocenters. The molecular formula is C22H20O13. The van der Waals surface area contributed by atoms with Crippen molar-refractivity contribution in [2.45, 2.75) is 30.7 Å². The van der Waals surface area contributed by atoms with Crippen LogP contribution in [0.15, 0.2) is 39.5 Å². The zero-order valence-corrected chi connectivity index (χ0v) is 17.9. The van der Waals surface area contributed by atoms with Gasteiger partial charge in [0.15, 0.2) is 22.9 Å². The standard InChI is InChI=1S/C22H20O13/c1-32-17-11-9(24)6-10(7-2-4-8(23)5-3-7)33-18(11)19(15(28)14(17)27)34-22-16(29)12(25)13(26)20(35-22)21(30)31/h2-6,12-13,16,20,22-23,25-29H,1H3,(H,30,31)/t12-,13-,16+,20-,22+/m0/s1. The summed E-state index contributed by atoms with van der Waals surface area (Å²) >= 11 is 0. The summed E-state index contributed by atoms with van der Waals surface area (Å²) in [6.07, 6.45) is -10.0. The Hall–Kier alpha value is -4.04. The minimum Gasteiger partial charge on any atom is -0.508 e. The van der Waals surface area contributed by atoms with Crippen molar-refractivity contribution in [3.63, 3.8) is 0 Å². The number of phenolic OH excluding ortho intramolecular Hbond substituents is 3. The van der Waals surface area contributed by atoms with Crippen molar-refractivity contribution in [2.75, 3.05) is 7.11 Å². The maximum atomic E-state index is 13.0. The molecule has 2 heterocycles. The molecule has 35 heavy (non-hydrogen) atoms. The van der Waals surface area contributed by atoms with Crippen molar-refractivity contribution >= 4 is 16.9 Å². The molecule has 2 aromatic carbocycles. The molecule has 7 N–H and O–H groups in total. The van der Waals surface area contributed by atoms with Crippen molar-refractivity contribution < 1.29 is 59.2 Å². The molecule has 5 atom stereocenters. The monoisotopic (exact) mass is 492 g/mol. The van der Waals surface area contributed by atoms with Gasteiger partial charge in [-0.1, -0.05) is 0 Å². The molecule has 1 saturated heterocycles. The summed E-state index contributed by atoms with van der Waals surface area (Å²) in [5.74, 6) is -4.92. The van der Waals surface area contributed by atoms with E-state index in [1.54, 1.807) is 0 Å². The summed E-state index contributed by atoms with van der Waals surface area (Å²) in [6, 6.07) is 6.58. The average Bonchev–Trinajstić information content (AvgIpc) is 2.82. The summed E-state index contributed by atoms with van der Waals surface area (Å²) in [5, 5.41) is 69.5. The molecule has 1 aromatic heterocycles. The van der Waals surface area contributed by atoms with Crippen LogP contribution in [0.1, 0.15) is 0 Å². The van der Waals surface area contributed by atoms with Gasteiger partial charge in [-0.3, -0.25) is 4.79 Å². The van der Waals surface area contributed by atoms with Crippen LogP contribution in [-0.4, -0.2) is 79.5 Å². The smallest absolute Gasteiger partial charge is 0.335 e. The SMILES string of the molecule is COc1c(O)c(O)c(O[C@@H]2O[C@H](C(=O)O)[C@@H](O)[C@H](O)[C@H]2O)c2oc(-c3ccc(O)cc3)cc(=O)c12. The quantitative estimate of drug-likeness (QED) is 0.231. The Kier molecular flexibility index (Phi) is 6.17. The molecular weight excluding hydrogens is 472 g/mol. The van der Waals surface area contributed by atoms with E-state index in [4.69, 9.17) is 18.6 Å². The van der Waals surface area contributed by atoms with Crippen molar-refractivity contribution in [3.05, 3.63) is 40.6 Å². The van der Waals surface area contributed by atoms with E-state index in [9.17, 15) is 45.3 Å². The normalized spacial score (nSPS) is 24.3. The number of aliphatic carboxylic acids is 1. The van der Waals surface area contributed by atoms with Gasteiger partial charge in [0.05, 0.1) is 7.11 Å². The zero-order valence-electron chi connectivity index (χ0n) is 17.9. The third-order valence-corrected chi connectivity index (χ3v) is 5.44. The molecule has 1 aliphatic rings. The first-order valence-electron chi connectivity index (χ1n) is 10.0. The first kappa shape index (κ1) is 24.1. The van der Waals surface area contributed by atoms with Gasteiger partial charge in [-0.15, -0.1) is 0 Å². The van der Waals surface area contributed by atoms with Crippen molar-refractivity contribution in [1.29, 1.82) is 0 Å². The third-order valence-electron chi connectivity index (χ3n) is 5.44. The molecule has 0 amide bonds. The van der Waals surface area contributed by atoms with E-state index in [1.165, 1.54) is 24.3 Å². The van der Waals surface area contributed by atoms with Crippen molar-refractivity contribution in [1.82, 2.24) is 0 Å². The van der Waals surface area contributed by atoms with Crippen LogP contribution in [0, 0.1) is 0 Å². The van der Waals surface area contributed by atoms with Crippen LogP contribution < -0.4 is 14.9 Å². The molecule has 0 radical (unpaired) electrons. The van der Waals surface area contributed by atoms with E-state index in [1.807, 2.05) is 0 Å². The lowest BCUT2D eigenvalue weighted by atomic mass is 9.99. The van der Waals surface area contributed by atoms with Gasteiger partial charge in [0.2, 0.25) is 23.5 Å². The summed E-state index contributed by atoms with van der Waals surface area (Å²) in [6.45, 7) is 0. The van der Waals surface area contributed by atoms with Gasteiger partial charge in [0, 0.05) is 11.6 Å². The molecule has 0 bridgehead atoms. The Balaban J connectivity index is 1.91. The predicted octanol–water partition coefficient (Wildman–Crippen LogP) is -0.144. The second kappa shape index (κ2) is 8.96. The predicted molar refractivity (Wildman–Crippen MR) is 114 cm³/mol. The van der Waals surface area contributed by atoms with Crippen LogP contribution in [0.3, 0.4) is 0 Å². The Morgan fingerprint density at radius 2 is 1.57 bits per heavy atom. The minimum atomic E-state index is -2.02. The van der Waals surface area contributed by atoms with E-state index in [0.29, 0.717) is 5.56 Å². The number of methoxy groups -OCH3 is 1. The van der Waals surface area contributed by atoms with Crippen LogP contribution >= 0.6 is 0 Å². The molecule has 3 aromatic rings. The largest absolute Gasteiger partial charge is 0.508 e. The van der Waals surface area contributed by atoms with Crippen LogP contribution in [0.4, 0.5) is 0 Å². The number of aliphatic hydroxyl groups excluding tert-OH is 3. The first-order valence-corrected chi connectivity index (χ1v) is 10.0. The summed E-state index contributed by atoms with van der Waals surface area (Å²) < 4.78 is 21.3. The summed E-state index contributed by atoms with van der Waals surface area (Å²) in [5.41, 5.74) is -0.885. The molecule has 13 nitrogen and oxygen atoms in total. The van der Waals surface area contributed by atoms with Crippen LogP contribution in [0.2, 0.25) is 0 Å². The summed E-state index contributed by atoms with van der Waals surface area (Å²) in [7, 11) is 1.12. The van der Waals surface area contributed by atoms with Gasteiger partial charge in [0.1, 0.15) is 35.2 Å². The molecule has 0 spiro atoms. The number of hydrogen-bond donors (Lipinski definition) is 7. The fourth-order valence-electron chi connectivity index (χ4n) is 3.65. The Bertz CT molecular complexity index is 1330. The number of carboxylic acid groups (broad SMARTS) is 1. The van der Waals surface area contributed by atoms with Crippen LogP contribution in [0.25, 0.3) is 22.3 Å². The fourth-order valence-corrected chi connectivity index (χ4v) is 3.65. The Morgan fingerprint density at radius 3 is 2.17 bits per heavy atom. The van der Waals surface area contributed by atoms with E-state index >= 15 is 0 Å². The van der Waals surface area contributed by atoms with Gasteiger partial charge in [-0.05, 0) is 24.3 Å². The second-order valence-electron chi connectivity index (χ2n) is 7.64. The Labute approximate surface area is 195 Å². The van der Waals surface area contributed by atoms with E-state index < -0.39 is 70.7 Å². The highest BCUT2D eigenvalue weighted by Crippen LogP contribution is 2.50. The van der Waals surface area contributed by atoms with Gasteiger partial charge in [-0.2, -0.15) is 0 Å². The van der Waals surface area contributed by atoms with Crippen molar-refractivity contribution in [3.8, 4) is 40.1 Å². The van der Waals surface area contributed by atoms with Gasteiger partial charge in [0.25, 0.3) is 0 Å². The lowest BCUT2D eigenvalue weighted by molar-refractivity contribution is -0.271. The average molecular weight is 492 g/mol. The van der Waals surface area contributed by atoms with E-state index in [-0.39, 0.29) is 16.9 Å². The maximum absolute atomic E-state index is 13.0. The zero-order chi connectivity index (χ0) is 25.6. The molecule has 13 heteroatoms. The molecule has 4 rings (SSSR count). The minimum absolute atomic E-state index is 0.0523. The molecule has 0 aliphatic carbocycles. The number of fused-ring (bicyclic) bond motifs is 1. The number of rotatable bonds is 5. The number of phenols is 3. The fraction of sp³-hybridized carbons (Fsp3) is 0.273. The molecule has 186 valence electrons. The molecule has 0 saturated carbocycles. The number of aromatic hydroxyl groups is 3.